The smallest absolute Gasteiger partial charge is 0.326 e. The topological polar surface area (TPSA) is 231 Å². The lowest BCUT2D eigenvalue weighted by Gasteiger charge is -2.27. The van der Waals surface area contributed by atoms with Gasteiger partial charge in [-0.3, -0.25) is 24.0 Å². The number of carboxylic acid groups (broad SMARTS) is 2. The molecule has 5 atom stereocenters. The molecule has 0 aliphatic heterocycles. The van der Waals surface area contributed by atoms with Gasteiger partial charge in [-0.1, -0.05) is 34.1 Å². The van der Waals surface area contributed by atoms with Crippen molar-refractivity contribution in [2.45, 2.75) is 84.0 Å². The van der Waals surface area contributed by atoms with E-state index in [0.717, 1.165) is 0 Å². The SMILES string of the molecule is CCC(C)C(NC(=O)C(CCC(N)=O)NC(=O)C(CC(C)C)NC(=O)C(N)CC(=O)O)C(=O)O. The zero-order valence-corrected chi connectivity index (χ0v) is 20.0. The third-order valence-corrected chi connectivity index (χ3v) is 5.16. The highest BCUT2D eigenvalue weighted by atomic mass is 16.4. The molecule has 0 bridgehead atoms. The van der Waals surface area contributed by atoms with Gasteiger partial charge >= 0.3 is 11.9 Å². The maximum Gasteiger partial charge on any atom is 0.326 e. The van der Waals surface area contributed by atoms with Crippen LogP contribution in [0.15, 0.2) is 0 Å². The zero-order chi connectivity index (χ0) is 26.6. The summed E-state index contributed by atoms with van der Waals surface area (Å²) in [7, 11) is 0. The van der Waals surface area contributed by atoms with Crippen LogP contribution in [-0.4, -0.2) is 69.9 Å². The molecule has 0 rings (SSSR count). The molecular weight excluding hydrogens is 450 g/mol. The first kappa shape index (κ1) is 30.8. The second kappa shape index (κ2) is 14.8. The molecule has 0 aliphatic carbocycles. The first-order valence-electron chi connectivity index (χ1n) is 11.1. The maximum atomic E-state index is 12.9. The Hall–Kier alpha value is -3.22. The van der Waals surface area contributed by atoms with Crippen LogP contribution in [0.1, 0.15) is 59.8 Å². The van der Waals surface area contributed by atoms with Crippen LogP contribution in [0, 0.1) is 11.8 Å². The second-order valence-electron chi connectivity index (χ2n) is 8.67. The van der Waals surface area contributed by atoms with E-state index in [2.05, 4.69) is 16.0 Å². The lowest BCUT2D eigenvalue weighted by atomic mass is 9.98. The van der Waals surface area contributed by atoms with Crippen molar-refractivity contribution in [3.05, 3.63) is 0 Å². The van der Waals surface area contributed by atoms with Gasteiger partial charge in [-0.15, -0.1) is 0 Å². The monoisotopic (exact) mass is 487 g/mol. The molecule has 5 unspecified atom stereocenters. The quantitative estimate of drug-likeness (QED) is 0.137. The number of carboxylic acids is 2. The van der Waals surface area contributed by atoms with E-state index in [0.29, 0.717) is 6.42 Å². The number of carbonyl (C=O) groups is 6. The number of hydrogen-bond acceptors (Lipinski definition) is 7. The predicted molar refractivity (Wildman–Crippen MR) is 121 cm³/mol. The molecule has 13 nitrogen and oxygen atoms in total. The van der Waals surface area contributed by atoms with E-state index >= 15 is 0 Å². The van der Waals surface area contributed by atoms with Crippen LogP contribution in [0.5, 0.6) is 0 Å². The Morgan fingerprint density at radius 1 is 0.853 bits per heavy atom. The number of nitrogens with two attached hydrogens (primary N) is 2. The molecule has 0 spiro atoms. The molecule has 13 heteroatoms. The zero-order valence-electron chi connectivity index (χ0n) is 20.0. The van der Waals surface area contributed by atoms with Gasteiger partial charge in [0.1, 0.15) is 18.1 Å². The van der Waals surface area contributed by atoms with E-state index < -0.39 is 72.1 Å². The van der Waals surface area contributed by atoms with Gasteiger partial charge in [0.15, 0.2) is 0 Å². The van der Waals surface area contributed by atoms with Crippen molar-refractivity contribution in [2.24, 2.45) is 23.3 Å². The second-order valence-corrected chi connectivity index (χ2v) is 8.67. The molecule has 34 heavy (non-hydrogen) atoms. The Kier molecular flexibility index (Phi) is 13.4. The van der Waals surface area contributed by atoms with Gasteiger partial charge in [0, 0.05) is 6.42 Å². The van der Waals surface area contributed by atoms with Crippen LogP contribution in [-0.2, 0) is 28.8 Å². The minimum Gasteiger partial charge on any atom is -0.481 e. The summed E-state index contributed by atoms with van der Waals surface area (Å²) in [4.78, 5) is 71.6. The number of amides is 4. The lowest BCUT2D eigenvalue weighted by molar-refractivity contribution is -0.144. The van der Waals surface area contributed by atoms with Crippen LogP contribution >= 0.6 is 0 Å². The van der Waals surface area contributed by atoms with E-state index in [1.165, 1.54) is 0 Å². The molecular formula is C21H37N5O8. The standard InChI is InChI=1S/C21H37N5O8/c1-5-11(4)17(21(33)34)26-19(31)13(6-7-15(23)27)24-20(32)14(8-10(2)3)25-18(30)12(22)9-16(28)29/h10-14,17H,5-9,22H2,1-4H3,(H2,23,27)(H,24,32)(H,25,30)(H,26,31)(H,28,29)(H,33,34). The highest BCUT2D eigenvalue weighted by molar-refractivity contribution is 5.95. The summed E-state index contributed by atoms with van der Waals surface area (Å²) in [6.07, 6.45) is -0.483. The van der Waals surface area contributed by atoms with Crippen LogP contribution < -0.4 is 27.4 Å². The Morgan fingerprint density at radius 2 is 1.38 bits per heavy atom. The van der Waals surface area contributed by atoms with Crippen molar-refractivity contribution in [3.8, 4) is 0 Å². The minimum absolute atomic E-state index is 0.0774. The predicted octanol–water partition coefficient (Wildman–Crippen LogP) is -1.31. The molecule has 0 aromatic rings. The molecule has 0 aromatic carbocycles. The molecule has 0 saturated heterocycles. The average Bonchev–Trinajstić information content (AvgIpc) is 2.72. The Morgan fingerprint density at radius 3 is 1.82 bits per heavy atom. The summed E-state index contributed by atoms with van der Waals surface area (Å²) < 4.78 is 0. The number of aliphatic carboxylic acids is 2. The minimum atomic E-state index is -1.39. The van der Waals surface area contributed by atoms with E-state index in [1.807, 2.05) is 0 Å². The summed E-state index contributed by atoms with van der Waals surface area (Å²) in [6.45, 7) is 6.97. The summed E-state index contributed by atoms with van der Waals surface area (Å²) in [6, 6.07) is -5.06. The first-order valence-corrected chi connectivity index (χ1v) is 11.1. The van der Waals surface area contributed by atoms with E-state index in [-0.39, 0.29) is 25.2 Å². The molecule has 9 N–H and O–H groups in total. The van der Waals surface area contributed by atoms with Gasteiger partial charge < -0.3 is 37.6 Å². The number of primary amides is 1. The van der Waals surface area contributed by atoms with Gasteiger partial charge in [0.2, 0.25) is 23.6 Å². The van der Waals surface area contributed by atoms with Gasteiger partial charge in [-0.2, -0.15) is 0 Å². The summed E-state index contributed by atoms with van der Waals surface area (Å²) in [5.41, 5.74) is 10.7. The molecule has 0 heterocycles. The molecule has 194 valence electrons. The third kappa shape index (κ3) is 11.6. The van der Waals surface area contributed by atoms with Crippen LogP contribution in [0.2, 0.25) is 0 Å². The van der Waals surface area contributed by atoms with E-state index in [1.54, 1.807) is 27.7 Å². The third-order valence-electron chi connectivity index (χ3n) is 5.16. The molecule has 0 radical (unpaired) electrons. The number of hydrogen-bond donors (Lipinski definition) is 7. The van der Waals surface area contributed by atoms with Crippen LogP contribution in [0.25, 0.3) is 0 Å². The summed E-state index contributed by atoms with van der Waals surface area (Å²) in [5.74, 6) is -6.20. The van der Waals surface area contributed by atoms with Crippen molar-refractivity contribution in [1.82, 2.24) is 16.0 Å². The van der Waals surface area contributed by atoms with Crippen LogP contribution in [0.3, 0.4) is 0 Å². The number of rotatable bonds is 16. The van der Waals surface area contributed by atoms with Gasteiger partial charge in [0.05, 0.1) is 12.5 Å². The molecule has 4 amide bonds. The lowest BCUT2D eigenvalue weighted by Crippen LogP contribution is -2.58. The highest BCUT2D eigenvalue weighted by Crippen LogP contribution is 2.11. The molecule has 0 aliphatic rings. The molecule has 0 saturated carbocycles. The first-order chi connectivity index (χ1) is 15.7. The summed E-state index contributed by atoms with van der Waals surface area (Å²) in [5, 5.41) is 25.5. The maximum absolute atomic E-state index is 12.9. The molecule has 0 aromatic heterocycles. The van der Waals surface area contributed by atoms with Crippen molar-refractivity contribution < 1.29 is 39.0 Å². The van der Waals surface area contributed by atoms with E-state index in [4.69, 9.17) is 16.6 Å². The Labute approximate surface area is 198 Å². The van der Waals surface area contributed by atoms with Crippen molar-refractivity contribution in [3.63, 3.8) is 0 Å². The van der Waals surface area contributed by atoms with E-state index in [9.17, 15) is 33.9 Å². The van der Waals surface area contributed by atoms with Crippen LogP contribution in [0.4, 0.5) is 0 Å². The number of nitrogens with one attached hydrogen (secondary N) is 3. The highest BCUT2D eigenvalue weighted by Gasteiger charge is 2.32. The summed E-state index contributed by atoms with van der Waals surface area (Å²) >= 11 is 0. The fourth-order valence-electron chi connectivity index (χ4n) is 3.03. The van der Waals surface area contributed by atoms with Crippen molar-refractivity contribution in [1.29, 1.82) is 0 Å². The largest absolute Gasteiger partial charge is 0.481 e. The fraction of sp³-hybridized carbons (Fsp3) is 0.714. The van der Waals surface area contributed by atoms with Gasteiger partial charge in [-0.25, -0.2) is 4.79 Å². The average molecular weight is 488 g/mol. The Bertz CT molecular complexity index is 757. The normalized spacial score (nSPS) is 15.4. The fourth-order valence-corrected chi connectivity index (χ4v) is 3.03. The van der Waals surface area contributed by atoms with Crippen molar-refractivity contribution >= 4 is 35.6 Å². The van der Waals surface area contributed by atoms with Gasteiger partial charge in [-0.05, 0) is 24.7 Å². The van der Waals surface area contributed by atoms with Gasteiger partial charge in [0.25, 0.3) is 0 Å². The van der Waals surface area contributed by atoms with Crippen molar-refractivity contribution in [2.75, 3.05) is 0 Å². The Balaban J connectivity index is 5.63. The molecule has 0 fully saturated rings. The number of carbonyl (C=O) groups excluding carboxylic acids is 4.